The molecule has 0 fully saturated rings. The Morgan fingerprint density at radius 1 is 1.19 bits per heavy atom. The summed E-state index contributed by atoms with van der Waals surface area (Å²) >= 11 is 0. The van der Waals surface area contributed by atoms with Gasteiger partial charge in [0, 0.05) is 22.2 Å². The van der Waals surface area contributed by atoms with Gasteiger partial charge in [0.2, 0.25) is 0 Å². The number of carboxylic acids is 1. The van der Waals surface area contributed by atoms with E-state index < -0.39 is 5.97 Å². The van der Waals surface area contributed by atoms with Crippen LogP contribution in [-0.2, 0) is 6.42 Å². The Morgan fingerprint density at radius 3 is 2.65 bits per heavy atom. The molecule has 0 bridgehead atoms. The molecular weight excluding hydrogens is 330 g/mol. The van der Waals surface area contributed by atoms with Crippen LogP contribution in [0.5, 0.6) is 0 Å². The third-order valence-corrected chi connectivity index (χ3v) is 4.41. The van der Waals surface area contributed by atoms with Crippen molar-refractivity contribution in [3.05, 3.63) is 64.8 Å². The molecule has 0 aliphatic carbocycles. The number of aromatic carboxylic acids is 1. The number of rotatable bonds is 6. The van der Waals surface area contributed by atoms with Gasteiger partial charge in [-0.3, -0.25) is 4.79 Å². The quantitative estimate of drug-likeness (QED) is 0.546. The Balaban J connectivity index is 1.98. The van der Waals surface area contributed by atoms with Crippen molar-refractivity contribution >= 4 is 28.5 Å². The van der Waals surface area contributed by atoms with Crippen LogP contribution in [0.2, 0.25) is 0 Å². The summed E-state index contributed by atoms with van der Waals surface area (Å²) in [7, 11) is 0. The summed E-state index contributed by atoms with van der Waals surface area (Å²) in [6.45, 7) is 2.40. The largest absolute Gasteiger partial charge is 0.477 e. The first kappa shape index (κ1) is 17.7. The van der Waals surface area contributed by atoms with Gasteiger partial charge in [0.1, 0.15) is 5.69 Å². The predicted octanol–water partition coefficient (Wildman–Crippen LogP) is 3.32. The number of para-hydroxylation sites is 1. The Morgan fingerprint density at radius 2 is 1.96 bits per heavy atom. The highest BCUT2D eigenvalue weighted by atomic mass is 16.4. The van der Waals surface area contributed by atoms with E-state index in [1.54, 1.807) is 18.2 Å². The summed E-state index contributed by atoms with van der Waals surface area (Å²) in [5, 5.41) is 13.1. The van der Waals surface area contributed by atoms with Crippen molar-refractivity contribution in [2.24, 2.45) is 5.73 Å². The molecule has 6 nitrogen and oxygen atoms in total. The van der Waals surface area contributed by atoms with Crippen molar-refractivity contribution in [1.29, 1.82) is 0 Å². The van der Waals surface area contributed by atoms with Gasteiger partial charge < -0.3 is 21.1 Å². The van der Waals surface area contributed by atoms with Gasteiger partial charge in [-0.1, -0.05) is 18.2 Å². The number of amides is 1. The van der Waals surface area contributed by atoms with E-state index in [0.717, 1.165) is 16.6 Å². The molecular formula is C20H21N3O3. The molecule has 3 aromatic rings. The standard InChI is InChI=1S/C20H21N3O3/c1-12-5-2-3-7-16(12)23-19(24)13-8-9-17-15(11-13)14(6-4-10-21)18(22-17)20(25)26/h2-3,5,7-9,11,22H,4,6,10,21H2,1H3,(H,23,24)(H,25,26). The van der Waals surface area contributed by atoms with Gasteiger partial charge in [-0.25, -0.2) is 4.79 Å². The number of carboxylic acid groups (broad SMARTS) is 1. The van der Waals surface area contributed by atoms with Crippen LogP contribution >= 0.6 is 0 Å². The van der Waals surface area contributed by atoms with Gasteiger partial charge in [0.05, 0.1) is 0 Å². The Hall–Kier alpha value is -3.12. The molecule has 6 heteroatoms. The molecule has 1 heterocycles. The number of nitrogens with two attached hydrogens (primary N) is 1. The number of aromatic amines is 1. The zero-order valence-electron chi connectivity index (χ0n) is 14.5. The SMILES string of the molecule is Cc1ccccc1NC(=O)c1ccc2[nH]c(C(=O)O)c(CCCN)c2c1. The summed E-state index contributed by atoms with van der Waals surface area (Å²) in [4.78, 5) is 27.1. The molecule has 0 atom stereocenters. The lowest BCUT2D eigenvalue weighted by molar-refractivity contribution is 0.0690. The average Bonchev–Trinajstić information content (AvgIpc) is 3.00. The van der Waals surface area contributed by atoms with Crippen LogP contribution < -0.4 is 11.1 Å². The Labute approximate surface area is 151 Å². The zero-order valence-corrected chi connectivity index (χ0v) is 14.5. The lowest BCUT2D eigenvalue weighted by Crippen LogP contribution is -2.12. The molecule has 0 spiro atoms. The fourth-order valence-electron chi connectivity index (χ4n) is 3.02. The molecule has 1 aromatic heterocycles. The van der Waals surface area contributed by atoms with E-state index in [0.29, 0.717) is 36.0 Å². The van der Waals surface area contributed by atoms with Crippen molar-refractivity contribution < 1.29 is 14.7 Å². The highest BCUT2D eigenvalue weighted by molar-refractivity contribution is 6.07. The smallest absolute Gasteiger partial charge is 0.352 e. The maximum atomic E-state index is 12.6. The molecule has 0 unspecified atom stereocenters. The molecule has 134 valence electrons. The van der Waals surface area contributed by atoms with Gasteiger partial charge in [-0.2, -0.15) is 0 Å². The van der Waals surface area contributed by atoms with E-state index in [4.69, 9.17) is 5.73 Å². The summed E-state index contributed by atoms with van der Waals surface area (Å²) in [6.07, 6.45) is 1.22. The lowest BCUT2D eigenvalue weighted by Gasteiger charge is -2.08. The third kappa shape index (κ3) is 3.45. The molecule has 2 aromatic carbocycles. The molecule has 0 aliphatic heterocycles. The van der Waals surface area contributed by atoms with Gasteiger partial charge >= 0.3 is 5.97 Å². The molecule has 5 N–H and O–H groups in total. The zero-order chi connectivity index (χ0) is 18.7. The highest BCUT2D eigenvalue weighted by Crippen LogP contribution is 2.26. The van der Waals surface area contributed by atoms with Crippen molar-refractivity contribution in [2.45, 2.75) is 19.8 Å². The normalized spacial score (nSPS) is 10.8. The van der Waals surface area contributed by atoms with Crippen LogP contribution in [-0.4, -0.2) is 28.5 Å². The van der Waals surface area contributed by atoms with Crippen molar-refractivity contribution in [3.8, 4) is 0 Å². The Bertz CT molecular complexity index is 976. The van der Waals surface area contributed by atoms with Gasteiger partial charge in [-0.05, 0) is 61.7 Å². The second-order valence-electron chi connectivity index (χ2n) is 6.21. The number of hydrogen-bond acceptors (Lipinski definition) is 3. The second kappa shape index (κ2) is 7.41. The van der Waals surface area contributed by atoms with Crippen molar-refractivity contribution in [3.63, 3.8) is 0 Å². The van der Waals surface area contributed by atoms with E-state index in [1.807, 2.05) is 31.2 Å². The number of benzene rings is 2. The summed E-state index contributed by atoms with van der Waals surface area (Å²) in [5.74, 6) is -1.25. The number of aromatic nitrogens is 1. The fourth-order valence-corrected chi connectivity index (χ4v) is 3.02. The van der Waals surface area contributed by atoms with Crippen LogP contribution in [0, 0.1) is 6.92 Å². The van der Waals surface area contributed by atoms with Crippen LogP contribution in [0.1, 0.15) is 38.4 Å². The second-order valence-corrected chi connectivity index (χ2v) is 6.21. The molecule has 0 aliphatic rings. The van der Waals surface area contributed by atoms with Crippen LogP contribution in [0.25, 0.3) is 10.9 Å². The maximum Gasteiger partial charge on any atom is 0.352 e. The fraction of sp³-hybridized carbons (Fsp3) is 0.200. The number of carbonyl (C=O) groups excluding carboxylic acids is 1. The molecule has 0 saturated heterocycles. The molecule has 3 rings (SSSR count). The van der Waals surface area contributed by atoms with Gasteiger partial charge in [0.15, 0.2) is 0 Å². The van der Waals surface area contributed by atoms with Crippen LogP contribution in [0.3, 0.4) is 0 Å². The van der Waals surface area contributed by atoms with Gasteiger partial charge in [0.25, 0.3) is 5.91 Å². The molecule has 1 amide bonds. The monoisotopic (exact) mass is 351 g/mol. The van der Waals surface area contributed by atoms with Crippen molar-refractivity contribution in [1.82, 2.24) is 4.98 Å². The van der Waals surface area contributed by atoms with E-state index in [9.17, 15) is 14.7 Å². The number of hydrogen-bond donors (Lipinski definition) is 4. The summed E-state index contributed by atoms with van der Waals surface area (Å²) in [6, 6.07) is 12.7. The minimum Gasteiger partial charge on any atom is -0.477 e. The van der Waals surface area contributed by atoms with Crippen LogP contribution in [0.4, 0.5) is 5.69 Å². The first-order valence-corrected chi connectivity index (χ1v) is 8.46. The molecule has 0 radical (unpaired) electrons. The first-order chi connectivity index (χ1) is 12.5. The number of carbonyl (C=O) groups is 2. The van der Waals surface area contributed by atoms with E-state index in [-0.39, 0.29) is 11.6 Å². The minimum absolute atomic E-state index is 0.157. The summed E-state index contributed by atoms with van der Waals surface area (Å²) < 4.78 is 0. The minimum atomic E-state index is -1.01. The number of H-pyrrole nitrogens is 1. The van der Waals surface area contributed by atoms with E-state index >= 15 is 0 Å². The number of fused-ring (bicyclic) bond motifs is 1. The van der Waals surface area contributed by atoms with E-state index in [2.05, 4.69) is 10.3 Å². The number of aryl methyl sites for hydroxylation is 2. The first-order valence-electron chi connectivity index (χ1n) is 8.46. The maximum absolute atomic E-state index is 12.6. The predicted molar refractivity (Wildman–Crippen MR) is 102 cm³/mol. The lowest BCUT2D eigenvalue weighted by atomic mass is 10.0. The topological polar surface area (TPSA) is 108 Å². The third-order valence-electron chi connectivity index (χ3n) is 4.41. The molecule has 26 heavy (non-hydrogen) atoms. The molecule has 0 saturated carbocycles. The summed E-state index contributed by atoms with van der Waals surface area (Å²) in [5.41, 5.74) is 9.31. The average molecular weight is 351 g/mol. The Kier molecular flexibility index (Phi) is 5.04. The van der Waals surface area contributed by atoms with Gasteiger partial charge in [-0.15, -0.1) is 0 Å². The van der Waals surface area contributed by atoms with Crippen LogP contribution in [0.15, 0.2) is 42.5 Å². The van der Waals surface area contributed by atoms with E-state index in [1.165, 1.54) is 0 Å². The highest BCUT2D eigenvalue weighted by Gasteiger charge is 2.18. The number of anilines is 1. The van der Waals surface area contributed by atoms with Crippen molar-refractivity contribution in [2.75, 3.05) is 11.9 Å². The number of nitrogens with one attached hydrogen (secondary N) is 2.